The lowest BCUT2D eigenvalue weighted by Crippen LogP contribution is -2.33. The number of benzene rings is 1. The van der Waals surface area contributed by atoms with Crippen molar-refractivity contribution in [2.75, 3.05) is 36.9 Å². The van der Waals surface area contributed by atoms with Gasteiger partial charge >= 0.3 is 0 Å². The van der Waals surface area contributed by atoms with Gasteiger partial charge in [0.15, 0.2) is 5.82 Å². The quantitative estimate of drug-likeness (QED) is 0.517. The van der Waals surface area contributed by atoms with Gasteiger partial charge in [-0.3, -0.25) is 0 Å². The molecular weight excluding hydrogens is 446 g/mol. The van der Waals surface area contributed by atoms with Gasteiger partial charge in [-0.05, 0) is 76.5 Å². The maximum Gasteiger partial charge on any atom is 0.229 e. The minimum absolute atomic E-state index is 0.0467. The van der Waals surface area contributed by atoms with E-state index >= 15 is 0 Å². The Bertz CT molecular complexity index is 1230. The second-order valence-electron chi connectivity index (χ2n) is 9.61. The largest absolute Gasteiger partial charge is 0.365 e. The number of nitrogens with one attached hydrogen (secondary N) is 1. The van der Waals surface area contributed by atoms with Crippen LogP contribution in [0.3, 0.4) is 0 Å². The molecule has 8 heteroatoms. The summed E-state index contributed by atoms with van der Waals surface area (Å²) in [5.41, 5.74) is 2.88. The molecule has 35 heavy (non-hydrogen) atoms. The Morgan fingerprint density at radius 1 is 1.03 bits per heavy atom. The van der Waals surface area contributed by atoms with Crippen LogP contribution in [0, 0.1) is 11.6 Å². The highest BCUT2D eigenvalue weighted by Gasteiger charge is 2.22. The SMILES string of the molecule is CC(C)N1CC=Cc2c(F)cc(-c3nc(Nc4ccc(C5CCN(C)CC5)cn4)ncc3F)cc21. The van der Waals surface area contributed by atoms with E-state index in [1.807, 2.05) is 32.2 Å². The third kappa shape index (κ3) is 4.89. The van der Waals surface area contributed by atoms with E-state index in [2.05, 4.69) is 43.2 Å². The van der Waals surface area contributed by atoms with Crippen LogP contribution in [0.1, 0.15) is 43.7 Å². The zero-order valence-corrected chi connectivity index (χ0v) is 20.3. The summed E-state index contributed by atoms with van der Waals surface area (Å²) in [6, 6.07) is 7.26. The summed E-state index contributed by atoms with van der Waals surface area (Å²) in [6.45, 7) is 6.94. The Balaban J connectivity index is 1.40. The van der Waals surface area contributed by atoms with E-state index < -0.39 is 11.6 Å². The number of aromatic nitrogens is 3. The number of anilines is 3. The highest BCUT2D eigenvalue weighted by atomic mass is 19.1. The van der Waals surface area contributed by atoms with Crippen molar-refractivity contribution in [2.24, 2.45) is 0 Å². The van der Waals surface area contributed by atoms with Gasteiger partial charge in [-0.2, -0.15) is 0 Å². The molecule has 0 spiro atoms. The molecule has 2 aliphatic heterocycles. The lowest BCUT2D eigenvalue weighted by molar-refractivity contribution is 0.255. The Morgan fingerprint density at radius 3 is 2.54 bits per heavy atom. The number of rotatable bonds is 5. The summed E-state index contributed by atoms with van der Waals surface area (Å²) < 4.78 is 29.8. The Hall–Kier alpha value is -3.39. The van der Waals surface area contributed by atoms with Gasteiger partial charge in [0.2, 0.25) is 5.95 Å². The van der Waals surface area contributed by atoms with E-state index in [4.69, 9.17) is 0 Å². The van der Waals surface area contributed by atoms with Gasteiger partial charge in [0, 0.05) is 35.6 Å². The van der Waals surface area contributed by atoms with E-state index in [0.717, 1.165) is 37.8 Å². The summed E-state index contributed by atoms with van der Waals surface area (Å²) >= 11 is 0. The van der Waals surface area contributed by atoms with E-state index in [1.54, 1.807) is 12.1 Å². The summed E-state index contributed by atoms with van der Waals surface area (Å²) in [7, 11) is 2.15. The molecule has 1 N–H and O–H groups in total. The van der Waals surface area contributed by atoms with Crippen molar-refractivity contribution in [2.45, 2.75) is 38.6 Å². The van der Waals surface area contributed by atoms with Crippen molar-refractivity contribution in [1.29, 1.82) is 0 Å². The van der Waals surface area contributed by atoms with Gasteiger partial charge in [0.25, 0.3) is 0 Å². The fraction of sp³-hybridized carbons (Fsp3) is 0.370. The van der Waals surface area contributed by atoms with Gasteiger partial charge < -0.3 is 15.1 Å². The molecule has 1 aromatic carbocycles. The van der Waals surface area contributed by atoms with Crippen molar-refractivity contribution < 1.29 is 8.78 Å². The fourth-order valence-corrected chi connectivity index (χ4v) is 4.82. The molecule has 3 aromatic rings. The first-order chi connectivity index (χ1) is 16.9. The van der Waals surface area contributed by atoms with Crippen LogP contribution in [0.15, 0.2) is 42.7 Å². The zero-order valence-electron chi connectivity index (χ0n) is 20.3. The minimum atomic E-state index is -0.608. The van der Waals surface area contributed by atoms with Crippen molar-refractivity contribution in [3.8, 4) is 11.3 Å². The smallest absolute Gasteiger partial charge is 0.229 e. The van der Waals surface area contributed by atoms with Gasteiger partial charge in [0.1, 0.15) is 17.3 Å². The van der Waals surface area contributed by atoms with Gasteiger partial charge in [-0.25, -0.2) is 23.7 Å². The number of nitrogens with zero attached hydrogens (tertiary/aromatic N) is 5. The molecule has 1 saturated heterocycles. The Labute approximate surface area is 204 Å². The molecule has 1 fully saturated rings. The Kier molecular flexibility index (Phi) is 6.47. The average molecular weight is 477 g/mol. The van der Waals surface area contributed by atoms with Crippen molar-refractivity contribution >= 4 is 23.5 Å². The average Bonchev–Trinajstić information content (AvgIpc) is 2.86. The molecule has 5 rings (SSSR count). The standard InChI is InChI=1S/C27H30F2N6/c1-17(2)35-10-4-5-21-22(28)13-20(14-24(21)35)26-23(29)16-31-27(33-26)32-25-7-6-19(15-30-25)18-8-11-34(3)12-9-18/h4-7,13-18H,8-12H2,1-3H3,(H,30,31,32,33). The van der Waals surface area contributed by atoms with Crippen molar-refractivity contribution in [1.82, 2.24) is 19.9 Å². The van der Waals surface area contributed by atoms with E-state index in [9.17, 15) is 8.78 Å². The highest BCUT2D eigenvalue weighted by molar-refractivity contribution is 5.78. The summed E-state index contributed by atoms with van der Waals surface area (Å²) in [4.78, 5) is 17.4. The maximum absolute atomic E-state index is 15.0. The number of likely N-dealkylation sites (tertiary alicyclic amines) is 1. The first-order valence-electron chi connectivity index (χ1n) is 12.1. The number of fused-ring (bicyclic) bond motifs is 1. The number of piperidine rings is 1. The lowest BCUT2D eigenvalue weighted by atomic mass is 9.91. The van der Waals surface area contributed by atoms with Crippen molar-refractivity contribution in [3.05, 3.63) is 65.5 Å². The van der Waals surface area contributed by atoms with E-state index in [1.165, 1.54) is 11.6 Å². The maximum atomic E-state index is 15.0. The Morgan fingerprint density at radius 2 is 1.83 bits per heavy atom. The number of hydrogen-bond acceptors (Lipinski definition) is 6. The van der Waals surface area contributed by atoms with Crippen LogP contribution in [0.25, 0.3) is 17.3 Å². The monoisotopic (exact) mass is 476 g/mol. The molecule has 0 saturated carbocycles. The first kappa shape index (κ1) is 23.4. The first-order valence-corrected chi connectivity index (χ1v) is 12.1. The molecule has 0 bridgehead atoms. The predicted molar refractivity (Wildman–Crippen MR) is 136 cm³/mol. The third-order valence-electron chi connectivity index (χ3n) is 6.86. The normalized spacial score (nSPS) is 16.6. The number of pyridine rings is 1. The molecule has 4 heterocycles. The van der Waals surface area contributed by atoms with Gasteiger partial charge in [-0.15, -0.1) is 0 Å². The van der Waals surface area contributed by atoms with Crippen LogP contribution >= 0.6 is 0 Å². The topological polar surface area (TPSA) is 57.2 Å². The molecule has 0 atom stereocenters. The van der Waals surface area contributed by atoms with Crippen LogP contribution < -0.4 is 10.2 Å². The molecule has 182 valence electrons. The van der Waals surface area contributed by atoms with Crippen LogP contribution in [0.5, 0.6) is 0 Å². The zero-order chi connectivity index (χ0) is 24.5. The number of halogens is 2. The second-order valence-corrected chi connectivity index (χ2v) is 9.61. The van der Waals surface area contributed by atoms with Crippen LogP contribution in [-0.2, 0) is 0 Å². The molecule has 0 unspecified atom stereocenters. The summed E-state index contributed by atoms with van der Waals surface area (Å²) in [5.74, 6) is 0.285. The molecule has 0 amide bonds. The summed E-state index contributed by atoms with van der Waals surface area (Å²) in [6.07, 6.45) is 8.94. The minimum Gasteiger partial charge on any atom is -0.365 e. The highest BCUT2D eigenvalue weighted by Crippen LogP contribution is 2.35. The molecule has 2 aromatic heterocycles. The third-order valence-corrected chi connectivity index (χ3v) is 6.86. The molecule has 0 aliphatic carbocycles. The van der Waals surface area contributed by atoms with Gasteiger partial charge in [-0.1, -0.05) is 18.2 Å². The molecule has 0 radical (unpaired) electrons. The van der Waals surface area contributed by atoms with E-state index in [0.29, 0.717) is 29.4 Å². The van der Waals surface area contributed by atoms with Crippen molar-refractivity contribution in [3.63, 3.8) is 0 Å². The fourth-order valence-electron chi connectivity index (χ4n) is 4.82. The second kappa shape index (κ2) is 9.70. The molecular formula is C27H30F2N6. The number of hydrogen-bond donors (Lipinski definition) is 1. The molecule has 6 nitrogen and oxygen atoms in total. The lowest BCUT2D eigenvalue weighted by Gasteiger charge is -2.32. The van der Waals surface area contributed by atoms with Crippen LogP contribution in [0.4, 0.5) is 26.2 Å². The summed E-state index contributed by atoms with van der Waals surface area (Å²) in [5, 5.41) is 3.06. The van der Waals surface area contributed by atoms with Crippen LogP contribution in [0.2, 0.25) is 0 Å². The van der Waals surface area contributed by atoms with Crippen LogP contribution in [-0.4, -0.2) is 52.6 Å². The van der Waals surface area contributed by atoms with E-state index in [-0.39, 0.29) is 17.7 Å². The van der Waals surface area contributed by atoms with Gasteiger partial charge in [0.05, 0.1) is 6.20 Å². The molecule has 2 aliphatic rings. The predicted octanol–water partition coefficient (Wildman–Crippen LogP) is 5.61.